The molecule has 0 radical (unpaired) electrons. The standard InChI is InChI=1S/C14H18N4O2.C2HF3O2/c1-9-4-3-5-18-11(8-16-13(9)18)17-14(19)12(20-2)10-6-15-7-10;3-2(4,5)1(6)7/h3-5,8,10,12,15H,6-7H2,1-2H3,(H,17,19);(H,6,7). The molecule has 2 aromatic rings. The second kappa shape index (κ2) is 8.35. The number of nitrogens with zero attached hydrogens (tertiary/aromatic N) is 2. The molecule has 2 aromatic heterocycles. The summed E-state index contributed by atoms with van der Waals surface area (Å²) in [6.07, 6.45) is -1.95. The number of fused-ring (bicyclic) bond motifs is 1. The normalized spacial score (nSPS) is 15.4. The molecule has 0 bridgehead atoms. The number of methoxy groups -OCH3 is 1. The highest BCUT2D eigenvalue weighted by molar-refractivity contribution is 5.94. The Morgan fingerprint density at radius 1 is 1.44 bits per heavy atom. The van der Waals surface area contributed by atoms with Gasteiger partial charge in [-0.3, -0.25) is 9.20 Å². The maximum Gasteiger partial charge on any atom is 0.490 e. The molecule has 1 amide bonds. The number of nitrogens with one attached hydrogen (secondary N) is 2. The van der Waals surface area contributed by atoms with Gasteiger partial charge >= 0.3 is 12.1 Å². The van der Waals surface area contributed by atoms with Crippen molar-refractivity contribution in [2.24, 2.45) is 5.92 Å². The van der Waals surface area contributed by atoms with Crippen molar-refractivity contribution >= 4 is 23.3 Å². The Labute approximate surface area is 152 Å². The van der Waals surface area contributed by atoms with Gasteiger partial charge in [0, 0.05) is 32.3 Å². The Balaban J connectivity index is 0.000000321. The van der Waals surface area contributed by atoms with E-state index in [0.29, 0.717) is 5.82 Å². The van der Waals surface area contributed by atoms with Crippen molar-refractivity contribution in [3.63, 3.8) is 0 Å². The topological polar surface area (TPSA) is 105 Å². The van der Waals surface area contributed by atoms with Gasteiger partial charge in [0.1, 0.15) is 17.6 Å². The molecule has 8 nitrogen and oxygen atoms in total. The van der Waals surface area contributed by atoms with Gasteiger partial charge in [-0.05, 0) is 18.6 Å². The first kappa shape index (κ1) is 20.6. The monoisotopic (exact) mass is 388 g/mol. The number of hydrogen-bond donors (Lipinski definition) is 3. The number of ether oxygens (including phenoxy) is 1. The number of amides is 1. The lowest BCUT2D eigenvalue weighted by Gasteiger charge is -2.32. The van der Waals surface area contributed by atoms with Gasteiger partial charge in [0.05, 0.1) is 6.20 Å². The van der Waals surface area contributed by atoms with E-state index in [1.807, 2.05) is 29.7 Å². The molecule has 3 heterocycles. The van der Waals surface area contributed by atoms with E-state index < -0.39 is 18.2 Å². The molecule has 0 saturated carbocycles. The van der Waals surface area contributed by atoms with E-state index in [0.717, 1.165) is 24.3 Å². The van der Waals surface area contributed by atoms with Crippen LogP contribution in [0.3, 0.4) is 0 Å². The summed E-state index contributed by atoms with van der Waals surface area (Å²) in [6, 6.07) is 3.93. The van der Waals surface area contributed by atoms with Crippen molar-refractivity contribution in [2.75, 3.05) is 25.5 Å². The lowest BCUT2D eigenvalue weighted by molar-refractivity contribution is -0.192. The Morgan fingerprint density at radius 3 is 2.56 bits per heavy atom. The zero-order chi connectivity index (χ0) is 20.2. The highest BCUT2D eigenvalue weighted by Gasteiger charge is 2.38. The molecule has 0 aliphatic carbocycles. The first-order chi connectivity index (χ1) is 12.6. The Morgan fingerprint density at radius 2 is 2.07 bits per heavy atom. The number of rotatable bonds is 4. The van der Waals surface area contributed by atoms with Crippen LogP contribution in [-0.4, -0.2) is 58.8 Å². The minimum Gasteiger partial charge on any atom is -0.475 e. The van der Waals surface area contributed by atoms with Crippen LogP contribution in [0.2, 0.25) is 0 Å². The number of hydrogen-bond acceptors (Lipinski definition) is 5. The summed E-state index contributed by atoms with van der Waals surface area (Å²) < 4.78 is 38.9. The van der Waals surface area contributed by atoms with E-state index in [2.05, 4.69) is 15.6 Å². The molecule has 1 unspecified atom stereocenters. The summed E-state index contributed by atoms with van der Waals surface area (Å²) in [4.78, 5) is 25.5. The SMILES string of the molecule is COC(C(=O)Nc1cnc2c(C)cccn12)C1CNC1.O=C(O)C(F)(F)F. The fraction of sp³-hybridized carbons (Fsp3) is 0.438. The van der Waals surface area contributed by atoms with Gasteiger partial charge in [-0.25, -0.2) is 9.78 Å². The number of anilines is 1. The van der Waals surface area contributed by atoms with Crippen LogP contribution in [0, 0.1) is 12.8 Å². The van der Waals surface area contributed by atoms with Crippen molar-refractivity contribution in [1.29, 1.82) is 0 Å². The molecule has 1 saturated heterocycles. The first-order valence-corrected chi connectivity index (χ1v) is 7.92. The summed E-state index contributed by atoms with van der Waals surface area (Å²) in [6.45, 7) is 3.63. The van der Waals surface area contributed by atoms with Gasteiger partial charge in [-0.15, -0.1) is 0 Å². The van der Waals surface area contributed by atoms with Gasteiger partial charge in [0.15, 0.2) is 0 Å². The van der Waals surface area contributed by atoms with Crippen LogP contribution < -0.4 is 10.6 Å². The number of imidazole rings is 1. The minimum absolute atomic E-state index is 0.123. The molecular weight excluding hydrogens is 369 g/mol. The number of aryl methyl sites for hydroxylation is 1. The summed E-state index contributed by atoms with van der Waals surface area (Å²) in [5.41, 5.74) is 1.92. The summed E-state index contributed by atoms with van der Waals surface area (Å²) in [7, 11) is 1.57. The number of aliphatic carboxylic acids is 1. The van der Waals surface area contributed by atoms with E-state index in [-0.39, 0.29) is 11.8 Å². The maximum atomic E-state index is 12.3. The second-order valence-corrected chi connectivity index (χ2v) is 5.90. The van der Waals surface area contributed by atoms with Crippen LogP contribution >= 0.6 is 0 Å². The average molecular weight is 388 g/mol. The zero-order valence-electron chi connectivity index (χ0n) is 14.6. The lowest BCUT2D eigenvalue weighted by Crippen LogP contribution is -2.53. The Bertz CT molecular complexity index is 818. The van der Waals surface area contributed by atoms with Crippen molar-refractivity contribution in [2.45, 2.75) is 19.2 Å². The molecule has 3 rings (SSSR count). The highest BCUT2D eigenvalue weighted by Crippen LogP contribution is 2.18. The van der Waals surface area contributed by atoms with Gasteiger partial charge in [-0.2, -0.15) is 13.2 Å². The number of carbonyl (C=O) groups is 2. The second-order valence-electron chi connectivity index (χ2n) is 5.90. The van der Waals surface area contributed by atoms with Crippen molar-refractivity contribution in [1.82, 2.24) is 14.7 Å². The Hall–Kier alpha value is -2.66. The number of aromatic nitrogens is 2. The van der Waals surface area contributed by atoms with Crippen LogP contribution in [0.25, 0.3) is 5.65 Å². The van der Waals surface area contributed by atoms with E-state index in [1.165, 1.54) is 0 Å². The van der Waals surface area contributed by atoms with Crippen molar-refractivity contribution in [3.8, 4) is 0 Å². The van der Waals surface area contributed by atoms with Crippen molar-refractivity contribution < 1.29 is 32.6 Å². The van der Waals surface area contributed by atoms with Crippen LogP contribution in [-0.2, 0) is 14.3 Å². The third-order valence-corrected chi connectivity index (χ3v) is 3.98. The molecule has 1 aliphatic rings. The molecular formula is C16H19F3N4O4. The molecule has 1 fully saturated rings. The predicted molar refractivity (Wildman–Crippen MR) is 89.4 cm³/mol. The molecule has 1 aliphatic heterocycles. The minimum atomic E-state index is -5.08. The van der Waals surface area contributed by atoms with E-state index in [4.69, 9.17) is 14.6 Å². The number of carbonyl (C=O) groups excluding carboxylic acids is 1. The molecule has 1 atom stereocenters. The first-order valence-electron chi connectivity index (χ1n) is 7.92. The highest BCUT2D eigenvalue weighted by atomic mass is 19.4. The number of pyridine rings is 1. The lowest BCUT2D eigenvalue weighted by atomic mass is 9.95. The molecule has 0 aromatic carbocycles. The van der Waals surface area contributed by atoms with Gasteiger partial charge in [0.25, 0.3) is 5.91 Å². The summed E-state index contributed by atoms with van der Waals surface area (Å²) in [5, 5.41) is 13.2. The smallest absolute Gasteiger partial charge is 0.475 e. The maximum absolute atomic E-state index is 12.3. The fourth-order valence-electron chi connectivity index (χ4n) is 2.48. The number of alkyl halides is 3. The third kappa shape index (κ3) is 4.95. The fourth-order valence-corrected chi connectivity index (χ4v) is 2.48. The van der Waals surface area contributed by atoms with Crippen LogP contribution in [0.4, 0.5) is 19.0 Å². The van der Waals surface area contributed by atoms with E-state index in [9.17, 15) is 18.0 Å². The Kier molecular flexibility index (Phi) is 6.39. The van der Waals surface area contributed by atoms with Gasteiger partial charge in [0.2, 0.25) is 0 Å². The number of halogens is 3. The summed E-state index contributed by atoms with van der Waals surface area (Å²) in [5.74, 6) is -1.97. The van der Waals surface area contributed by atoms with E-state index >= 15 is 0 Å². The van der Waals surface area contributed by atoms with Crippen LogP contribution in [0.5, 0.6) is 0 Å². The molecule has 3 N–H and O–H groups in total. The van der Waals surface area contributed by atoms with E-state index in [1.54, 1.807) is 13.3 Å². The average Bonchev–Trinajstić information content (AvgIpc) is 2.94. The molecule has 27 heavy (non-hydrogen) atoms. The number of carboxylic acid groups (broad SMARTS) is 1. The van der Waals surface area contributed by atoms with Gasteiger partial charge in [-0.1, -0.05) is 6.07 Å². The van der Waals surface area contributed by atoms with Crippen LogP contribution in [0.1, 0.15) is 5.56 Å². The quantitative estimate of drug-likeness (QED) is 0.732. The molecule has 11 heteroatoms. The molecule has 0 spiro atoms. The van der Waals surface area contributed by atoms with Gasteiger partial charge < -0.3 is 20.5 Å². The third-order valence-electron chi connectivity index (χ3n) is 3.98. The number of carboxylic acids is 1. The van der Waals surface area contributed by atoms with Crippen molar-refractivity contribution in [3.05, 3.63) is 30.1 Å². The molecule has 148 valence electrons. The predicted octanol–water partition coefficient (Wildman–Crippen LogP) is 1.45. The zero-order valence-corrected chi connectivity index (χ0v) is 14.6. The largest absolute Gasteiger partial charge is 0.490 e. The van der Waals surface area contributed by atoms with Crippen LogP contribution in [0.15, 0.2) is 24.5 Å². The summed E-state index contributed by atoms with van der Waals surface area (Å²) >= 11 is 0.